The highest BCUT2D eigenvalue weighted by Crippen LogP contribution is 2.26. The number of nitrogens with two attached hydrogens (primary N) is 1. The third-order valence-electron chi connectivity index (χ3n) is 3.37. The molecule has 2 rings (SSSR count). The summed E-state index contributed by atoms with van der Waals surface area (Å²) in [5.41, 5.74) is 4.72. The average molecular weight is 276 g/mol. The summed E-state index contributed by atoms with van der Waals surface area (Å²) < 4.78 is 27.1. The molecule has 0 amide bonds. The third kappa shape index (κ3) is 3.03. The van der Waals surface area contributed by atoms with Gasteiger partial charge in [0.05, 0.1) is 6.04 Å². The van der Waals surface area contributed by atoms with Gasteiger partial charge >= 0.3 is 0 Å². The van der Waals surface area contributed by atoms with Crippen LogP contribution in [0.25, 0.3) is 0 Å². The quantitative estimate of drug-likeness (QED) is 0.661. The van der Waals surface area contributed by atoms with Crippen LogP contribution < -0.4 is 11.3 Å². The van der Waals surface area contributed by atoms with Crippen molar-refractivity contribution in [3.05, 3.63) is 70.8 Å². The maximum absolute atomic E-state index is 13.8. The van der Waals surface area contributed by atoms with E-state index in [1.54, 1.807) is 0 Å². The summed E-state index contributed by atoms with van der Waals surface area (Å²) in [4.78, 5) is 0. The molecule has 0 radical (unpaired) electrons. The van der Waals surface area contributed by atoms with Crippen LogP contribution in [0.4, 0.5) is 8.78 Å². The monoisotopic (exact) mass is 276 g/mol. The van der Waals surface area contributed by atoms with Gasteiger partial charge in [0.25, 0.3) is 0 Å². The molecule has 1 atom stereocenters. The van der Waals surface area contributed by atoms with E-state index in [2.05, 4.69) is 19.3 Å². The number of nitrogens with one attached hydrogen (secondary N) is 1. The van der Waals surface area contributed by atoms with Crippen molar-refractivity contribution in [2.45, 2.75) is 25.8 Å². The molecular formula is C16H18F2N2. The fraction of sp³-hybridized carbons (Fsp3) is 0.250. The van der Waals surface area contributed by atoms with E-state index in [-0.39, 0.29) is 5.56 Å². The van der Waals surface area contributed by atoms with Crippen molar-refractivity contribution in [3.8, 4) is 0 Å². The summed E-state index contributed by atoms with van der Waals surface area (Å²) in [5.74, 6) is 4.96. The van der Waals surface area contributed by atoms with Crippen molar-refractivity contribution in [1.82, 2.24) is 5.43 Å². The molecule has 0 saturated heterocycles. The van der Waals surface area contributed by atoms with E-state index in [4.69, 9.17) is 5.84 Å². The normalized spacial score (nSPS) is 12.7. The molecule has 0 aliphatic carbocycles. The van der Waals surface area contributed by atoms with Gasteiger partial charge in [0.2, 0.25) is 0 Å². The zero-order valence-electron chi connectivity index (χ0n) is 11.5. The number of hydrogen-bond donors (Lipinski definition) is 2. The zero-order valence-corrected chi connectivity index (χ0v) is 11.5. The lowest BCUT2D eigenvalue weighted by Gasteiger charge is -2.18. The molecular weight excluding hydrogens is 258 g/mol. The van der Waals surface area contributed by atoms with Gasteiger partial charge in [-0.25, -0.2) is 14.2 Å². The van der Waals surface area contributed by atoms with Crippen molar-refractivity contribution in [3.63, 3.8) is 0 Å². The van der Waals surface area contributed by atoms with Gasteiger partial charge < -0.3 is 0 Å². The van der Waals surface area contributed by atoms with E-state index >= 15 is 0 Å². The van der Waals surface area contributed by atoms with Gasteiger partial charge in [0, 0.05) is 5.56 Å². The zero-order chi connectivity index (χ0) is 14.7. The van der Waals surface area contributed by atoms with E-state index in [9.17, 15) is 8.78 Å². The Labute approximate surface area is 117 Å². The molecule has 106 valence electrons. The van der Waals surface area contributed by atoms with Crippen LogP contribution in [0.3, 0.4) is 0 Å². The van der Waals surface area contributed by atoms with Gasteiger partial charge in [0.15, 0.2) is 0 Å². The Morgan fingerprint density at radius 1 is 0.950 bits per heavy atom. The molecule has 2 nitrogen and oxygen atoms in total. The van der Waals surface area contributed by atoms with Crippen molar-refractivity contribution in [1.29, 1.82) is 0 Å². The highest BCUT2D eigenvalue weighted by atomic mass is 19.1. The molecule has 0 heterocycles. The Balaban J connectivity index is 2.39. The Morgan fingerprint density at radius 3 is 2.10 bits per heavy atom. The summed E-state index contributed by atoms with van der Waals surface area (Å²) >= 11 is 0. The molecule has 0 aromatic heterocycles. The van der Waals surface area contributed by atoms with Crippen LogP contribution in [0, 0.1) is 11.6 Å². The van der Waals surface area contributed by atoms with E-state index < -0.39 is 17.7 Å². The second-order valence-corrected chi connectivity index (χ2v) is 5.09. The number of rotatable bonds is 4. The Kier molecular flexibility index (Phi) is 4.47. The van der Waals surface area contributed by atoms with E-state index in [1.807, 2.05) is 24.3 Å². The van der Waals surface area contributed by atoms with Gasteiger partial charge in [-0.3, -0.25) is 5.84 Å². The minimum Gasteiger partial charge on any atom is -0.271 e. The lowest BCUT2D eigenvalue weighted by molar-refractivity contribution is 0.545. The number of benzene rings is 2. The molecule has 0 spiro atoms. The topological polar surface area (TPSA) is 38.0 Å². The molecule has 2 aromatic carbocycles. The van der Waals surface area contributed by atoms with Crippen LogP contribution in [0.2, 0.25) is 0 Å². The van der Waals surface area contributed by atoms with Gasteiger partial charge in [-0.05, 0) is 35.2 Å². The Hall–Kier alpha value is -1.78. The van der Waals surface area contributed by atoms with Gasteiger partial charge in [0.1, 0.15) is 11.6 Å². The summed E-state index contributed by atoms with van der Waals surface area (Å²) in [6, 6.07) is 10.5. The maximum Gasteiger partial charge on any atom is 0.128 e. The predicted octanol–water partition coefficient (Wildman–Crippen LogP) is 3.64. The van der Waals surface area contributed by atoms with Crippen LogP contribution in [-0.4, -0.2) is 0 Å². The van der Waals surface area contributed by atoms with Crippen molar-refractivity contribution in [2.24, 2.45) is 5.84 Å². The fourth-order valence-electron chi connectivity index (χ4n) is 2.17. The van der Waals surface area contributed by atoms with Gasteiger partial charge in [-0.15, -0.1) is 0 Å². The van der Waals surface area contributed by atoms with Crippen LogP contribution in [0.15, 0.2) is 42.5 Å². The molecule has 0 bridgehead atoms. The summed E-state index contributed by atoms with van der Waals surface area (Å²) in [7, 11) is 0. The molecule has 0 fully saturated rings. The number of hydrogen-bond acceptors (Lipinski definition) is 2. The van der Waals surface area contributed by atoms with Crippen LogP contribution in [0.1, 0.15) is 42.5 Å². The molecule has 3 N–H and O–H groups in total. The highest BCUT2D eigenvalue weighted by molar-refractivity contribution is 5.35. The van der Waals surface area contributed by atoms with Crippen LogP contribution in [-0.2, 0) is 0 Å². The SMILES string of the molecule is CC(C)c1ccc(C(NN)c2cc(F)ccc2F)cc1. The molecule has 1 unspecified atom stereocenters. The van der Waals surface area contributed by atoms with E-state index in [0.717, 1.165) is 23.8 Å². The van der Waals surface area contributed by atoms with Crippen molar-refractivity contribution >= 4 is 0 Å². The molecule has 0 aliphatic heterocycles. The Bertz CT molecular complexity index is 580. The first-order valence-corrected chi connectivity index (χ1v) is 6.54. The van der Waals surface area contributed by atoms with Gasteiger partial charge in [-0.1, -0.05) is 38.1 Å². The van der Waals surface area contributed by atoms with E-state index in [1.165, 1.54) is 5.56 Å². The lowest BCUT2D eigenvalue weighted by Crippen LogP contribution is -2.29. The predicted molar refractivity (Wildman–Crippen MR) is 76.1 cm³/mol. The standard InChI is InChI=1S/C16H18F2N2/c1-10(2)11-3-5-12(6-4-11)16(20-19)14-9-13(17)7-8-15(14)18/h3-10,16,20H,19H2,1-2H3. The molecule has 0 aliphatic rings. The van der Waals surface area contributed by atoms with Crippen molar-refractivity contribution in [2.75, 3.05) is 0 Å². The molecule has 4 heteroatoms. The van der Waals surface area contributed by atoms with Gasteiger partial charge in [-0.2, -0.15) is 0 Å². The highest BCUT2D eigenvalue weighted by Gasteiger charge is 2.17. The molecule has 20 heavy (non-hydrogen) atoms. The minimum atomic E-state index is -0.577. The summed E-state index contributed by atoms with van der Waals surface area (Å²) in [5, 5.41) is 0. The number of hydrazine groups is 1. The smallest absolute Gasteiger partial charge is 0.128 e. The average Bonchev–Trinajstić information content (AvgIpc) is 2.44. The first-order chi connectivity index (χ1) is 9.52. The second kappa shape index (κ2) is 6.11. The minimum absolute atomic E-state index is 0.199. The lowest BCUT2D eigenvalue weighted by atomic mass is 9.95. The van der Waals surface area contributed by atoms with E-state index in [0.29, 0.717) is 5.92 Å². The van der Waals surface area contributed by atoms with Crippen LogP contribution >= 0.6 is 0 Å². The number of halogens is 2. The molecule has 0 saturated carbocycles. The summed E-state index contributed by atoms with van der Waals surface area (Å²) in [6.07, 6.45) is 0. The second-order valence-electron chi connectivity index (χ2n) is 5.09. The largest absolute Gasteiger partial charge is 0.271 e. The molecule has 2 aromatic rings. The first kappa shape index (κ1) is 14.6. The Morgan fingerprint density at radius 2 is 1.55 bits per heavy atom. The summed E-state index contributed by atoms with van der Waals surface area (Å²) in [6.45, 7) is 4.19. The first-order valence-electron chi connectivity index (χ1n) is 6.54. The third-order valence-corrected chi connectivity index (χ3v) is 3.37. The fourth-order valence-corrected chi connectivity index (χ4v) is 2.17. The van der Waals surface area contributed by atoms with Crippen LogP contribution in [0.5, 0.6) is 0 Å². The van der Waals surface area contributed by atoms with Crippen molar-refractivity contribution < 1.29 is 8.78 Å². The maximum atomic E-state index is 13.8.